The Bertz CT molecular complexity index is 456. The van der Waals surface area contributed by atoms with E-state index >= 15 is 0 Å². The van der Waals surface area contributed by atoms with Gasteiger partial charge in [-0.1, -0.05) is 6.42 Å². The molecule has 0 amide bonds. The van der Waals surface area contributed by atoms with Crippen LogP contribution in [0.1, 0.15) is 30.6 Å². The highest BCUT2D eigenvalue weighted by Crippen LogP contribution is 2.57. The zero-order chi connectivity index (χ0) is 12.0. The molecule has 0 radical (unpaired) electrons. The van der Waals surface area contributed by atoms with Gasteiger partial charge in [-0.2, -0.15) is 0 Å². The van der Waals surface area contributed by atoms with Crippen LogP contribution in [0.15, 0.2) is 15.9 Å². The van der Waals surface area contributed by atoms with Crippen molar-refractivity contribution in [3.05, 3.63) is 20.8 Å². The molecule has 1 heterocycles. The van der Waals surface area contributed by atoms with E-state index in [4.69, 9.17) is 0 Å². The first-order valence-electron chi connectivity index (χ1n) is 6.08. The summed E-state index contributed by atoms with van der Waals surface area (Å²) in [5, 5.41) is 9.65. The van der Waals surface area contributed by atoms with Crippen molar-refractivity contribution in [1.82, 2.24) is 0 Å². The highest BCUT2D eigenvalue weighted by molar-refractivity contribution is 9.11. The molecule has 2 fully saturated rings. The SMILES string of the molecule is O=C(O)C1(Cc2ccc(Br)s2)CC2CCC1C2. The molecule has 2 saturated carbocycles. The van der Waals surface area contributed by atoms with Crippen LogP contribution in [-0.2, 0) is 11.2 Å². The lowest BCUT2D eigenvalue weighted by Gasteiger charge is -2.33. The lowest BCUT2D eigenvalue weighted by atomic mass is 9.70. The Balaban J connectivity index is 1.89. The molecule has 0 aromatic carbocycles. The third-order valence-electron chi connectivity index (χ3n) is 4.52. The Kier molecular flexibility index (Phi) is 2.82. The highest BCUT2D eigenvalue weighted by Gasteiger charge is 2.55. The standard InChI is InChI=1S/C13H15BrO2S/c14-11-4-3-10(17-11)7-13(12(15)16)6-8-1-2-9(13)5-8/h3-4,8-9H,1-2,5-7H2,(H,15,16). The predicted octanol–water partition coefficient (Wildman–Crippen LogP) is 3.94. The molecule has 2 aliphatic carbocycles. The largest absolute Gasteiger partial charge is 0.481 e. The van der Waals surface area contributed by atoms with Crippen molar-refractivity contribution in [3.8, 4) is 0 Å². The molecule has 1 aromatic heterocycles. The number of carboxylic acids is 1. The minimum absolute atomic E-state index is 0.408. The zero-order valence-electron chi connectivity index (χ0n) is 9.49. The maximum Gasteiger partial charge on any atom is 0.310 e. The Morgan fingerprint density at radius 2 is 2.35 bits per heavy atom. The second-order valence-electron chi connectivity index (χ2n) is 5.42. The number of hydrogen-bond acceptors (Lipinski definition) is 2. The normalized spacial score (nSPS) is 35.4. The van der Waals surface area contributed by atoms with Crippen LogP contribution in [0.3, 0.4) is 0 Å². The van der Waals surface area contributed by atoms with Crippen LogP contribution < -0.4 is 0 Å². The smallest absolute Gasteiger partial charge is 0.310 e. The molecule has 1 N–H and O–H groups in total. The van der Waals surface area contributed by atoms with Crippen molar-refractivity contribution in [2.24, 2.45) is 17.3 Å². The maximum atomic E-state index is 11.7. The molecule has 92 valence electrons. The van der Waals surface area contributed by atoms with Crippen LogP contribution in [0.25, 0.3) is 0 Å². The summed E-state index contributed by atoms with van der Waals surface area (Å²) < 4.78 is 1.09. The van der Waals surface area contributed by atoms with Gasteiger partial charge >= 0.3 is 5.97 Å². The second kappa shape index (κ2) is 4.09. The molecule has 3 rings (SSSR count). The Labute approximate surface area is 113 Å². The van der Waals surface area contributed by atoms with Gasteiger partial charge in [0.15, 0.2) is 0 Å². The van der Waals surface area contributed by atoms with Crippen molar-refractivity contribution >= 4 is 33.2 Å². The van der Waals surface area contributed by atoms with Crippen LogP contribution in [-0.4, -0.2) is 11.1 Å². The summed E-state index contributed by atoms with van der Waals surface area (Å²) >= 11 is 5.12. The summed E-state index contributed by atoms with van der Waals surface area (Å²) in [5.74, 6) is 0.500. The van der Waals surface area contributed by atoms with E-state index in [2.05, 4.69) is 22.0 Å². The molecule has 1 aromatic rings. The Hall–Kier alpha value is -0.350. The molecule has 0 saturated heterocycles. The molecule has 2 bridgehead atoms. The van der Waals surface area contributed by atoms with Crippen LogP contribution in [0, 0.1) is 17.3 Å². The molecule has 3 atom stereocenters. The lowest BCUT2D eigenvalue weighted by Crippen LogP contribution is -2.38. The van der Waals surface area contributed by atoms with E-state index in [-0.39, 0.29) is 0 Å². The van der Waals surface area contributed by atoms with E-state index in [0.717, 1.165) is 29.5 Å². The Morgan fingerprint density at radius 1 is 1.53 bits per heavy atom. The third-order valence-corrected chi connectivity index (χ3v) is 6.14. The molecule has 2 aliphatic rings. The maximum absolute atomic E-state index is 11.7. The number of carboxylic acid groups (broad SMARTS) is 1. The van der Waals surface area contributed by atoms with Crippen LogP contribution in [0.4, 0.5) is 0 Å². The number of hydrogen-bond donors (Lipinski definition) is 1. The van der Waals surface area contributed by atoms with Crippen LogP contribution in [0.2, 0.25) is 0 Å². The quantitative estimate of drug-likeness (QED) is 0.917. The first-order valence-corrected chi connectivity index (χ1v) is 7.69. The van der Waals surface area contributed by atoms with E-state index < -0.39 is 11.4 Å². The molecule has 2 nitrogen and oxygen atoms in total. The van der Waals surface area contributed by atoms with Crippen molar-refractivity contribution in [2.75, 3.05) is 0 Å². The number of halogens is 1. The minimum atomic E-state index is -0.575. The average molecular weight is 315 g/mol. The topological polar surface area (TPSA) is 37.3 Å². The third kappa shape index (κ3) is 1.85. The average Bonchev–Trinajstić information content (AvgIpc) is 2.94. The molecular weight excluding hydrogens is 300 g/mol. The van der Waals surface area contributed by atoms with Crippen LogP contribution >= 0.6 is 27.3 Å². The number of rotatable bonds is 3. The van der Waals surface area contributed by atoms with Gasteiger partial charge in [0, 0.05) is 4.88 Å². The second-order valence-corrected chi connectivity index (χ2v) is 7.97. The van der Waals surface area contributed by atoms with Gasteiger partial charge in [-0.05, 0) is 65.6 Å². The predicted molar refractivity (Wildman–Crippen MR) is 71.2 cm³/mol. The summed E-state index contributed by atoms with van der Waals surface area (Å²) in [6, 6.07) is 4.08. The fourth-order valence-corrected chi connectivity index (χ4v) is 5.36. The van der Waals surface area contributed by atoms with E-state index in [1.165, 1.54) is 11.3 Å². The molecule has 4 heteroatoms. The summed E-state index contributed by atoms with van der Waals surface area (Å²) in [4.78, 5) is 12.9. The first kappa shape index (κ1) is 11.7. The number of carbonyl (C=O) groups is 1. The molecule has 0 spiro atoms. The van der Waals surface area contributed by atoms with E-state index in [0.29, 0.717) is 11.8 Å². The fourth-order valence-electron chi connectivity index (χ4n) is 3.76. The number of thiophene rings is 1. The summed E-state index contributed by atoms with van der Waals surface area (Å²) in [6.45, 7) is 0. The zero-order valence-corrected chi connectivity index (χ0v) is 11.9. The van der Waals surface area contributed by atoms with Gasteiger partial charge in [-0.25, -0.2) is 0 Å². The van der Waals surface area contributed by atoms with E-state index in [1.54, 1.807) is 11.3 Å². The van der Waals surface area contributed by atoms with Gasteiger partial charge in [0.25, 0.3) is 0 Å². The van der Waals surface area contributed by atoms with Crippen molar-refractivity contribution in [1.29, 1.82) is 0 Å². The summed E-state index contributed by atoms with van der Waals surface area (Å²) in [7, 11) is 0. The van der Waals surface area contributed by atoms with Gasteiger partial charge < -0.3 is 5.11 Å². The lowest BCUT2D eigenvalue weighted by molar-refractivity contribution is -0.152. The summed E-state index contributed by atoms with van der Waals surface area (Å²) in [6.07, 6.45) is 5.11. The van der Waals surface area contributed by atoms with Crippen molar-refractivity contribution in [2.45, 2.75) is 32.1 Å². The van der Waals surface area contributed by atoms with Crippen LogP contribution in [0.5, 0.6) is 0 Å². The Morgan fingerprint density at radius 3 is 2.82 bits per heavy atom. The van der Waals surface area contributed by atoms with Crippen molar-refractivity contribution in [3.63, 3.8) is 0 Å². The van der Waals surface area contributed by atoms with Gasteiger partial charge in [0.1, 0.15) is 0 Å². The van der Waals surface area contributed by atoms with Crippen molar-refractivity contribution < 1.29 is 9.90 Å². The van der Waals surface area contributed by atoms with E-state index in [1.807, 2.05) is 6.07 Å². The number of fused-ring (bicyclic) bond motifs is 2. The van der Waals surface area contributed by atoms with E-state index in [9.17, 15) is 9.90 Å². The van der Waals surface area contributed by atoms with Gasteiger partial charge in [0.2, 0.25) is 0 Å². The minimum Gasteiger partial charge on any atom is -0.481 e. The van der Waals surface area contributed by atoms with Gasteiger partial charge in [0.05, 0.1) is 9.20 Å². The molecule has 17 heavy (non-hydrogen) atoms. The number of aliphatic carboxylic acids is 1. The van der Waals surface area contributed by atoms with Gasteiger partial charge in [-0.15, -0.1) is 11.3 Å². The summed E-state index contributed by atoms with van der Waals surface area (Å²) in [5.41, 5.74) is -0.465. The first-order chi connectivity index (χ1) is 8.10. The molecule has 3 unspecified atom stereocenters. The fraction of sp³-hybridized carbons (Fsp3) is 0.615. The molecular formula is C13H15BrO2S. The van der Waals surface area contributed by atoms with Gasteiger partial charge in [-0.3, -0.25) is 4.79 Å². The molecule has 0 aliphatic heterocycles. The monoisotopic (exact) mass is 314 g/mol. The highest BCUT2D eigenvalue weighted by atomic mass is 79.9.